The van der Waals surface area contributed by atoms with E-state index in [1.54, 1.807) is 35.2 Å². The van der Waals surface area contributed by atoms with Crippen LogP contribution in [0.4, 0.5) is 0 Å². The van der Waals surface area contributed by atoms with Crippen molar-refractivity contribution in [1.82, 2.24) is 14.7 Å². The van der Waals surface area contributed by atoms with Crippen molar-refractivity contribution in [2.45, 2.75) is 18.7 Å². The van der Waals surface area contributed by atoms with E-state index in [9.17, 15) is 14.7 Å². The number of carboxylic acids is 1. The Kier molecular flexibility index (Phi) is 6.11. The third kappa shape index (κ3) is 5.00. The first-order chi connectivity index (χ1) is 10.9. The summed E-state index contributed by atoms with van der Waals surface area (Å²) in [6.45, 7) is 1.56. The second kappa shape index (κ2) is 7.87. The summed E-state index contributed by atoms with van der Waals surface area (Å²) < 4.78 is 0. The summed E-state index contributed by atoms with van der Waals surface area (Å²) >= 11 is 1.61. The number of carbonyl (C=O) groups is 2. The van der Waals surface area contributed by atoms with Gasteiger partial charge in [0.15, 0.2) is 0 Å². The second-order valence-corrected chi connectivity index (χ2v) is 7.00. The molecule has 2 rings (SSSR count). The molecule has 1 aromatic heterocycles. The summed E-state index contributed by atoms with van der Waals surface area (Å²) in [7, 11) is 3.44. The fourth-order valence-electron chi connectivity index (χ4n) is 2.78. The van der Waals surface area contributed by atoms with Gasteiger partial charge in [0.1, 0.15) is 0 Å². The topological polar surface area (TPSA) is 84.3 Å². The summed E-state index contributed by atoms with van der Waals surface area (Å²) in [6, 6.07) is 3.68. The molecule has 23 heavy (non-hydrogen) atoms. The minimum atomic E-state index is -0.926. The number of likely N-dealkylation sites (N-methyl/N-ethyl adjacent to an activating group) is 2. The van der Waals surface area contributed by atoms with Crippen LogP contribution >= 0.6 is 11.3 Å². The highest BCUT2D eigenvalue weighted by molar-refractivity contribution is 7.09. The van der Waals surface area contributed by atoms with Crippen molar-refractivity contribution in [1.29, 1.82) is 0 Å². The number of amides is 1. The molecule has 1 amide bonds. The largest absolute Gasteiger partial charge is 0.480 e. The van der Waals surface area contributed by atoms with Gasteiger partial charge < -0.3 is 15.1 Å². The number of aliphatic carboxylic acids is 1. The van der Waals surface area contributed by atoms with E-state index in [-0.39, 0.29) is 25.0 Å². The molecule has 1 aliphatic heterocycles. The third-order valence-corrected chi connectivity index (χ3v) is 4.90. The summed E-state index contributed by atoms with van der Waals surface area (Å²) in [5.74, 6) is -0.933. The number of β-amino-alcohol motifs (C(OH)–C–C–N with tert-alkyl or cyclic N) is 1. The van der Waals surface area contributed by atoms with Gasteiger partial charge in [-0.05, 0) is 18.5 Å². The molecule has 0 aromatic carbocycles. The molecule has 0 bridgehead atoms. The van der Waals surface area contributed by atoms with Gasteiger partial charge in [-0.1, -0.05) is 6.07 Å². The molecule has 2 heterocycles. The Labute approximate surface area is 139 Å². The number of aliphatic hydroxyl groups is 1. The van der Waals surface area contributed by atoms with E-state index < -0.39 is 12.1 Å². The van der Waals surface area contributed by atoms with Gasteiger partial charge in [-0.15, -0.1) is 11.3 Å². The van der Waals surface area contributed by atoms with Crippen LogP contribution in [0.1, 0.15) is 4.88 Å². The van der Waals surface area contributed by atoms with Gasteiger partial charge in [-0.25, -0.2) is 0 Å². The van der Waals surface area contributed by atoms with Gasteiger partial charge in [0, 0.05) is 31.1 Å². The zero-order valence-corrected chi connectivity index (χ0v) is 14.2. The van der Waals surface area contributed by atoms with E-state index in [0.29, 0.717) is 19.6 Å². The molecule has 2 N–H and O–H groups in total. The number of hydrogen-bond acceptors (Lipinski definition) is 6. The third-order valence-electron chi connectivity index (χ3n) is 4.04. The molecule has 1 saturated heterocycles. The van der Waals surface area contributed by atoms with Gasteiger partial charge >= 0.3 is 5.97 Å². The number of carboxylic acid groups (broad SMARTS) is 1. The van der Waals surface area contributed by atoms with Crippen LogP contribution < -0.4 is 0 Å². The highest BCUT2D eigenvalue weighted by Gasteiger charge is 2.35. The van der Waals surface area contributed by atoms with Crippen LogP contribution in [0.25, 0.3) is 0 Å². The first kappa shape index (κ1) is 17.9. The lowest BCUT2D eigenvalue weighted by molar-refractivity contribution is -0.139. The van der Waals surface area contributed by atoms with Crippen molar-refractivity contribution >= 4 is 23.2 Å². The minimum absolute atomic E-state index is 0.00728. The van der Waals surface area contributed by atoms with Gasteiger partial charge in [0.25, 0.3) is 0 Å². The number of thiophene rings is 1. The fourth-order valence-corrected chi connectivity index (χ4v) is 3.53. The highest BCUT2D eigenvalue weighted by Crippen LogP contribution is 2.16. The van der Waals surface area contributed by atoms with Crippen LogP contribution in [0.3, 0.4) is 0 Å². The number of aliphatic hydroxyl groups excluding tert-OH is 1. The van der Waals surface area contributed by atoms with Gasteiger partial charge in [-0.3, -0.25) is 19.4 Å². The van der Waals surface area contributed by atoms with Crippen molar-refractivity contribution in [3.05, 3.63) is 22.4 Å². The van der Waals surface area contributed by atoms with E-state index in [1.807, 2.05) is 22.4 Å². The molecule has 0 saturated carbocycles. The standard InChI is InChI=1S/C15H23N3O4S/c1-16(10-15(21)22)12-7-18(8-13(12)19)9-14(20)17(2)6-11-4-3-5-23-11/h3-5,12-13,19H,6-10H2,1-2H3,(H,21,22)/t12-,13-/m1/s1. The highest BCUT2D eigenvalue weighted by atomic mass is 32.1. The number of hydrogen-bond donors (Lipinski definition) is 2. The Balaban J connectivity index is 1.83. The average Bonchev–Trinajstić information content (AvgIpc) is 3.07. The summed E-state index contributed by atoms with van der Waals surface area (Å²) in [5, 5.41) is 20.9. The molecule has 1 fully saturated rings. The normalized spacial score (nSPS) is 21.7. The summed E-state index contributed by atoms with van der Waals surface area (Å²) in [4.78, 5) is 29.4. The predicted octanol–water partition coefficient (Wildman–Crippen LogP) is -0.232. The zero-order valence-electron chi connectivity index (χ0n) is 13.4. The molecular weight excluding hydrogens is 318 g/mol. The van der Waals surface area contributed by atoms with Crippen LogP contribution in [-0.4, -0.2) is 89.2 Å². The molecule has 0 unspecified atom stereocenters. The van der Waals surface area contributed by atoms with Crippen molar-refractivity contribution in [2.75, 3.05) is 40.3 Å². The van der Waals surface area contributed by atoms with E-state index in [1.165, 1.54) is 0 Å². The smallest absolute Gasteiger partial charge is 0.317 e. The molecule has 1 aliphatic rings. The molecule has 0 spiro atoms. The van der Waals surface area contributed by atoms with E-state index >= 15 is 0 Å². The van der Waals surface area contributed by atoms with Crippen LogP contribution in [0.2, 0.25) is 0 Å². The minimum Gasteiger partial charge on any atom is -0.480 e. The Morgan fingerprint density at radius 3 is 2.74 bits per heavy atom. The number of carbonyl (C=O) groups excluding carboxylic acids is 1. The molecule has 2 atom stereocenters. The Morgan fingerprint density at radius 2 is 2.13 bits per heavy atom. The molecule has 0 aliphatic carbocycles. The molecule has 8 heteroatoms. The lowest BCUT2D eigenvalue weighted by Gasteiger charge is -2.25. The first-order valence-electron chi connectivity index (χ1n) is 7.45. The van der Waals surface area contributed by atoms with Gasteiger partial charge in [0.2, 0.25) is 5.91 Å². The Hall–Kier alpha value is -1.48. The first-order valence-corrected chi connectivity index (χ1v) is 8.33. The van der Waals surface area contributed by atoms with Crippen LogP contribution in [0.15, 0.2) is 17.5 Å². The maximum absolute atomic E-state index is 12.3. The maximum atomic E-state index is 12.3. The molecule has 7 nitrogen and oxygen atoms in total. The molecule has 1 aromatic rings. The molecule has 128 valence electrons. The van der Waals surface area contributed by atoms with E-state index in [0.717, 1.165) is 4.88 Å². The average molecular weight is 341 g/mol. The lowest BCUT2D eigenvalue weighted by Crippen LogP contribution is -2.43. The van der Waals surface area contributed by atoms with Crippen molar-refractivity contribution < 1.29 is 19.8 Å². The van der Waals surface area contributed by atoms with Gasteiger partial charge in [0.05, 0.1) is 25.7 Å². The van der Waals surface area contributed by atoms with E-state index in [2.05, 4.69) is 0 Å². The number of rotatable bonds is 7. The SMILES string of the molecule is CN(Cc1cccs1)C(=O)CN1C[C@@H](O)[C@H](N(C)CC(=O)O)C1. The van der Waals surface area contributed by atoms with Crippen molar-refractivity contribution in [3.63, 3.8) is 0 Å². The van der Waals surface area contributed by atoms with Crippen LogP contribution in [-0.2, 0) is 16.1 Å². The predicted molar refractivity (Wildman–Crippen MR) is 87.3 cm³/mol. The monoisotopic (exact) mass is 341 g/mol. The number of likely N-dealkylation sites (tertiary alicyclic amines) is 1. The van der Waals surface area contributed by atoms with Gasteiger partial charge in [-0.2, -0.15) is 0 Å². The number of nitrogens with zero attached hydrogens (tertiary/aromatic N) is 3. The molecule has 0 radical (unpaired) electrons. The second-order valence-electron chi connectivity index (χ2n) is 5.97. The van der Waals surface area contributed by atoms with Crippen LogP contribution in [0, 0.1) is 0 Å². The summed E-state index contributed by atoms with van der Waals surface area (Å²) in [5.41, 5.74) is 0. The van der Waals surface area contributed by atoms with E-state index in [4.69, 9.17) is 5.11 Å². The fraction of sp³-hybridized carbons (Fsp3) is 0.600. The van der Waals surface area contributed by atoms with Crippen molar-refractivity contribution in [3.8, 4) is 0 Å². The Bertz CT molecular complexity index is 537. The van der Waals surface area contributed by atoms with Crippen LogP contribution in [0.5, 0.6) is 0 Å². The summed E-state index contributed by atoms with van der Waals surface area (Å²) in [6.07, 6.45) is -0.644. The molecular formula is C15H23N3O4S. The maximum Gasteiger partial charge on any atom is 0.317 e. The van der Waals surface area contributed by atoms with Crippen molar-refractivity contribution in [2.24, 2.45) is 0 Å². The Morgan fingerprint density at radius 1 is 1.39 bits per heavy atom. The lowest BCUT2D eigenvalue weighted by atomic mass is 10.2. The zero-order chi connectivity index (χ0) is 17.0. The quantitative estimate of drug-likeness (QED) is 0.713.